The van der Waals surface area contributed by atoms with Crippen LogP contribution in [0.5, 0.6) is 0 Å². The van der Waals surface area contributed by atoms with Gasteiger partial charge in [-0.25, -0.2) is 0 Å². The Morgan fingerprint density at radius 1 is 1.19 bits per heavy atom. The minimum atomic E-state index is -0.654. The van der Waals surface area contributed by atoms with Crippen LogP contribution < -0.4 is 5.32 Å². The molecule has 0 fully saturated rings. The Hall–Kier alpha value is -2.30. The summed E-state index contributed by atoms with van der Waals surface area (Å²) in [4.78, 5) is 2.33. The van der Waals surface area contributed by atoms with Crippen LogP contribution in [0, 0.1) is 0 Å². The Kier molecular flexibility index (Phi) is 4.47. The van der Waals surface area contributed by atoms with Crippen LogP contribution in [0.15, 0.2) is 53.1 Å². The molecule has 0 saturated carbocycles. The zero-order valence-electron chi connectivity index (χ0n) is 15.5. The summed E-state index contributed by atoms with van der Waals surface area (Å²) in [7, 11) is 0. The molecule has 4 rings (SSSR count). The number of benzene rings is 2. The van der Waals surface area contributed by atoms with Crippen molar-refractivity contribution >= 4 is 16.7 Å². The summed E-state index contributed by atoms with van der Waals surface area (Å²) in [5.41, 5.74) is 5.50. The first-order valence-electron chi connectivity index (χ1n) is 9.23. The van der Waals surface area contributed by atoms with Gasteiger partial charge >= 0.3 is 0 Å². The molecule has 2 N–H and O–H groups in total. The smallest absolute Gasteiger partial charge is 0.133 e. The highest BCUT2D eigenvalue weighted by Crippen LogP contribution is 2.27. The van der Waals surface area contributed by atoms with Crippen LogP contribution in [0.1, 0.15) is 30.5 Å². The minimum absolute atomic E-state index is 0.654. The molecule has 1 aliphatic rings. The highest BCUT2D eigenvalue weighted by atomic mass is 16.3. The van der Waals surface area contributed by atoms with Gasteiger partial charge in [-0.15, -0.1) is 0 Å². The first-order chi connectivity index (χ1) is 12.5. The maximum Gasteiger partial charge on any atom is 0.133 e. The van der Waals surface area contributed by atoms with Crippen molar-refractivity contribution in [3.05, 3.63) is 65.4 Å². The van der Waals surface area contributed by atoms with Crippen molar-refractivity contribution in [3.63, 3.8) is 0 Å². The maximum absolute atomic E-state index is 10.1. The number of rotatable bonds is 5. The van der Waals surface area contributed by atoms with Gasteiger partial charge < -0.3 is 14.8 Å². The molecule has 1 aromatic heterocycles. The standard InChI is InChI=1S/C22H26N2O2/c1-22(2,25)15-24-10-8-19-18(14-24)4-3-5-20(19)23-13-16-6-7-21-17(12-16)9-11-26-21/h3-7,9,11-12,23,25H,8,10,13-15H2,1-2H3. The molecular weight excluding hydrogens is 324 g/mol. The fourth-order valence-electron chi connectivity index (χ4n) is 3.84. The topological polar surface area (TPSA) is 48.6 Å². The molecule has 26 heavy (non-hydrogen) atoms. The van der Waals surface area contributed by atoms with Gasteiger partial charge in [0.25, 0.3) is 0 Å². The Bertz CT molecular complexity index is 908. The number of fused-ring (bicyclic) bond motifs is 2. The summed E-state index contributed by atoms with van der Waals surface area (Å²) in [6.07, 6.45) is 2.74. The zero-order valence-corrected chi connectivity index (χ0v) is 15.5. The van der Waals surface area contributed by atoms with Gasteiger partial charge in [-0.1, -0.05) is 18.2 Å². The van der Waals surface area contributed by atoms with E-state index in [1.165, 1.54) is 22.4 Å². The Morgan fingerprint density at radius 2 is 2.08 bits per heavy atom. The Balaban J connectivity index is 1.47. The Morgan fingerprint density at radius 3 is 2.92 bits per heavy atom. The van der Waals surface area contributed by atoms with Crippen LogP contribution >= 0.6 is 0 Å². The average molecular weight is 350 g/mol. The lowest BCUT2D eigenvalue weighted by Crippen LogP contribution is -2.41. The van der Waals surface area contributed by atoms with Gasteiger partial charge in [-0.05, 0) is 61.2 Å². The molecule has 0 saturated heterocycles. The maximum atomic E-state index is 10.1. The summed E-state index contributed by atoms with van der Waals surface area (Å²) < 4.78 is 5.41. The van der Waals surface area contributed by atoms with Gasteiger partial charge in [0.1, 0.15) is 5.58 Å². The number of furan rings is 1. The molecule has 0 atom stereocenters. The largest absolute Gasteiger partial charge is 0.464 e. The molecule has 1 aliphatic heterocycles. The van der Waals surface area contributed by atoms with Crippen molar-refractivity contribution in [2.24, 2.45) is 0 Å². The molecule has 2 heterocycles. The Labute approximate surface area is 154 Å². The third-order valence-electron chi connectivity index (χ3n) is 4.96. The second-order valence-electron chi connectivity index (χ2n) is 7.86. The van der Waals surface area contributed by atoms with E-state index >= 15 is 0 Å². The zero-order chi connectivity index (χ0) is 18.1. The number of β-amino-alcohol motifs (C(OH)–C–C–N with tert-alkyl or cyclic N) is 1. The van der Waals surface area contributed by atoms with E-state index in [9.17, 15) is 5.11 Å². The molecule has 3 aromatic rings. The van der Waals surface area contributed by atoms with Gasteiger partial charge in [0.05, 0.1) is 11.9 Å². The van der Waals surface area contributed by atoms with Crippen molar-refractivity contribution in [3.8, 4) is 0 Å². The van der Waals surface area contributed by atoms with E-state index in [2.05, 4.69) is 40.5 Å². The highest BCUT2D eigenvalue weighted by Gasteiger charge is 2.23. The van der Waals surface area contributed by atoms with Crippen molar-refractivity contribution < 1.29 is 9.52 Å². The molecular formula is C22H26N2O2. The minimum Gasteiger partial charge on any atom is -0.464 e. The molecule has 0 spiro atoms. The molecule has 4 nitrogen and oxygen atoms in total. The number of anilines is 1. The van der Waals surface area contributed by atoms with Crippen LogP contribution in [0.2, 0.25) is 0 Å². The lowest BCUT2D eigenvalue weighted by molar-refractivity contribution is 0.0318. The van der Waals surface area contributed by atoms with E-state index in [0.717, 1.165) is 37.0 Å². The van der Waals surface area contributed by atoms with Crippen molar-refractivity contribution in [1.29, 1.82) is 0 Å². The normalized spacial score (nSPS) is 15.2. The molecule has 0 amide bonds. The van der Waals surface area contributed by atoms with Crippen LogP contribution in [0.25, 0.3) is 11.0 Å². The summed E-state index contributed by atoms with van der Waals surface area (Å²) in [6.45, 7) is 7.13. The number of nitrogens with one attached hydrogen (secondary N) is 1. The molecule has 0 bridgehead atoms. The lowest BCUT2D eigenvalue weighted by atomic mass is 9.96. The molecule has 4 heteroatoms. The fraction of sp³-hybridized carbons (Fsp3) is 0.364. The predicted molar refractivity (Wildman–Crippen MR) is 105 cm³/mol. The van der Waals surface area contributed by atoms with Gasteiger partial charge in [0.2, 0.25) is 0 Å². The van der Waals surface area contributed by atoms with E-state index in [1.807, 2.05) is 26.0 Å². The third-order valence-corrected chi connectivity index (χ3v) is 4.96. The summed E-state index contributed by atoms with van der Waals surface area (Å²) in [6, 6.07) is 14.8. The van der Waals surface area contributed by atoms with Crippen LogP contribution in [-0.4, -0.2) is 28.7 Å². The SMILES string of the molecule is CC(C)(O)CN1CCc2c(cccc2NCc2ccc3occc3c2)C1. The number of hydrogen-bond acceptors (Lipinski definition) is 4. The molecule has 0 radical (unpaired) electrons. The number of aliphatic hydroxyl groups is 1. The lowest BCUT2D eigenvalue weighted by Gasteiger charge is -2.34. The number of nitrogens with zero attached hydrogens (tertiary/aromatic N) is 1. The van der Waals surface area contributed by atoms with E-state index < -0.39 is 5.60 Å². The molecule has 2 aromatic carbocycles. The van der Waals surface area contributed by atoms with E-state index in [1.54, 1.807) is 6.26 Å². The van der Waals surface area contributed by atoms with E-state index in [-0.39, 0.29) is 0 Å². The monoisotopic (exact) mass is 350 g/mol. The van der Waals surface area contributed by atoms with Crippen molar-refractivity contribution in [2.75, 3.05) is 18.4 Å². The van der Waals surface area contributed by atoms with Crippen molar-refractivity contribution in [1.82, 2.24) is 4.90 Å². The average Bonchev–Trinajstić information content (AvgIpc) is 3.06. The quantitative estimate of drug-likeness (QED) is 0.725. The first-order valence-corrected chi connectivity index (χ1v) is 9.23. The van der Waals surface area contributed by atoms with Gasteiger partial charge in [-0.2, -0.15) is 0 Å². The molecule has 0 aliphatic carbocycles. The predicted octanol–water partition coefficient (Wildman–Crippen LogP) is 4.17. The summed E-state index contributed by atoms with van der Waals surface area (Å²) in [5.74, 6) is 0. The van der Waals surface area contributed by atoms with E-state index in [0.29, 0.717) is 6.54 Å². The second-order valence-corrected chi connectivity index (χ2v) is 7.86. The first kappa shape index (κ1) is 17.1. The summed E-state index contributed by atoms with van der Waals surface area (Å²) in [5, 5.41) is 14.8. The second kappa shape index (κ2) is 6.78. The number of hydrogen-bond donors (Lipinski definition) is 2. The van der Waals surface area contributed by atoms with Gasteiger partial charge in [0.15, 0.2) is 0 Å². The van der Waals surface area contributed by atoms with E-state index in [4.69, 9.17) is 4.42 Å². The highest BCUT2D eigenvalue weighted by molar-refractivity contribution is 5.77. The van der Waals surface area contributed by atoms with Crippen LogP contribution in [0.3, 0.4) is 0 Å². The third kappa shape index (κ3) is 3.76. The van der Waals surface area contributed by atoms with Crippen LogP contribution in [0.4, 0.5) is 5.69 Å². The fourth-order valence-corrected chi connectivity index (χ4v) is 3.84. The molecule has 136 valence electrons. The van der Waals surface area contributed by atoms with Crippen molar-refractivity contribution in [2.45, 2.75) is 39.0 Å². The van der Waals surface area contributed by atoms with Gasteiger partial charge in [0, 0.05) is 37.3 Å². The summed E-state index contributed by atoms with van der Waals surface area (Å²) >= 11 is 0. The van der Waals surface area contributed by atoms with Gasteiger partial charge in [-0.3, -0.25) is 4.90 Å². The van der Waals surface area contributed by atoms with Crippen LogP contribution in [-0.2, 0) is 19.5 Å². The molecule has 0 unspecified atom stereocenters.